The number of halogens is 2. The third-order valence-electron chi connectivity index (χ3n) is 4.65. The number of aryl methyl sites for hydroxylation is 3. The van der Waals surface area contributed by atoms with Crippen LogP contribution in [0.5, 0.6) is 0 Å². The highest BCUT2D eigenvalue weighted by molar-refractivity contribution is 5.76. The van der Waals surface area contributed by atoms with Crippen LogP contribution >= 0.6 is 0 Å². The summed E-state index contributed by atoms with van der Waals surface area (Å²) >= 11 is 0. The molecule has 1 aromatic heterocycles. The van der Waals surface area contributed by atoms with E-state index in [-0.39, 0.29) is 36.0 Å². The zero-order valence-corrected chi connectivity index (χ0v) is 16.1. The maximum absolute atomic E-state index is 13.8. The van der Waals surface area contributed by atoms with E-state index in [1.54, 1.807) is 11.9 Å². The molecule has 0 atom stereocenters. The largest absolute Gasteiger partial charge is 0.441 e. The lowest BCUT2D eigenvalue weighted by Crippen LogP contribution is -2.26. The van der Waals surface area contributed by atoms with E-state index in [2.05, 4.69) is 11.1 Å². The van der Waals surface area contributed by atoms with Crippen molar-refractivity contribution in [3.63, 3.8) is 0 Å². The lowest BCUT2D eigenvalue weighted by atomic mass is 10.1. The molecule has 28 heavy (non-hydrogen) atoms. The van der Waals surface area contributed by atoms with Crippen molar-refractivity contribution in [2.24, 2.45) is 0 Å². The minimum absolute atomic E-state index is 0.0154. The first-order chi connectivity index (χ1) is 13.3. The number of hydrogen-bond acceptors (Lipinski definition) is 3. The molecule has 0 aliphatic rings. The van der Waals surface area contributed by atoms with E-state index in [1.165, 1.54) is 17.8 Å². The van der Waals surface area contributed by atoms with Crippen LogP contribution in [0.25, 0.3) is 11.3 Å². The molecule has 0 aliphatic heterocycles. The molecule has 1 heterocycles. The number of hydrogen-bond donors (Lipinski definition) is 0. The van der Waals surface area contributed by atoms with Crippen molar-refractivity contribution in [2.75, 3.05) is 7.05 Å². The Morgan fingerprint density at radius 3 is 2.54 bits per heavy atom. The molecule has 3 rings (SSSR count). The van der Waals surface area contributed by atoms with Gasteiger partial charge in [-0.25, -0.2) is 13.8 Å². The number of amides is 1. The molecule has 4 nitrogen and oxygen atoms in total. The van der Waals surface area contributed by atoms with Gasteiger partial charge < -0.3 is 9.32 Å². The van der Waals surface area contributed by atoms with Crippen LogP contribution in [0.4, 0.5) is 8.78 Å². The summed E-state index contributed by atoms with van der Waals surface area (Å²) in [7, 11) is 1.75. The minimum atomic E-state index is -0.716. The fourth-order valence-corrected chi connectivity index (χ4v) is 3.05. The molecule has 0 bridgehead atoms. The van der Waals surface area contributed by atoms with Crippen LogP contribution in [0.2, 0.25) is 0 Å². The third-order valence-corrected chi connectivity index (χ3v) is 4.65. The first-order valence-corrected chi connectivity index (χ1v) is 9.04. The Morgan fingerprint density at radius 2 is 1.86 bits per heavy atom. The number of rotatable bonds is 6. The van der Waals surface area contributed by atoms with Crippen molar-refractivity contribution >= 4 is 5.91 Å². The van der Waals surface area contributed by atoms with Crippen molar-refractivity contribution in [3.8, 4) is 11.3 Å². The first-order valence-electron chi connectivity index (χ1n) is 9.04. The van der Waals surface area contributed by atoms with Crippen LogP contribution in [0.1, 0.15) is 29.0 Å². The Balaban J connectivity index is 1.61. The van der Waals surface area contributed by atoms with Gasteiger partial charge in [-0.2, -0.15) is 0 Å². The standard InChI is InChI=1S/C22H22F2N2O2/c1-14-7-8-16(15(2)11-14)13-26(3)21(27)10-9-20-25-12-19(28-20)22-17(23)5-4-6-18(22)24/h4-8,11-12H,9-10,13H2,1-3H3. The molecular weight excluding hydrogens is 362 g/mol. The molecule has 0 unspecified atom stereocenters. The summed E-state index contributed by atoms with van der Waals surface area (Å²) in [5.74, 6) is -1.21. The second-order valence-corrected chi connectivity index (χ2v) is 6.89. The van der Waals surface area contributed by atoms with Crippen LogP contribution < -0.4 is 0 Å². The summed E-state index contributed by atoms with van der Waals surface area (Å²) in [4.78, 5) is 18.1. The quantitative estimate of drug-likeness (QED) is 0.612. The van der Waals surface area contributed by atoms with Crippen LogP contribution in [0, 0.1) is 25.5 Å². The van der Waals surface area contributed by atoms with Crippen molar-refractivity contribution in [3.05, 3.63) is 76.8 Å². The molecule has 0 N–H and O–H groups in total. The lowest BCUT2D eigenvalue weighted by Gasteiger charge is -2.18. The van der Waals surface area contributed by atoms with E-state index >= 15 is 0 Å². The zero-order chi connectivity index (χ0) is 20.3. The number of nitrogens with zero attached hydrogens (tertiary/aromatic N) is 2. The van der Waals surface area contributed by atoms with Gasteiger partial charge in [0.15, 0.2) is 11.7 Å². The van der Waals surface area contributed by atoms with Crippen molar-refractivity contribution in [1.29, 1.82) is 0 Å². The molecule has 0 radical (unpaired) electrons. The third kappa shape index (κ3) is 4.44. The highest BCUT2D eigenvalue weighted by Crippen LogP contribution is 2.26. The van der Waals surface area contributed by atoms with E-state index in [0.717, 1.165) is 23.3 Å². The molecule has 3 aromatic rings. The van der Waals surface area contributed by atoms with Gasteiger partial charge in [0.2, 0.25) is 5.91 Å². The summed E-state index contributed by atoms with van der Waals surface area (Å²) in [5, 5.41) is 0. The van der Waals surface area contributed by atoms with Gasteiger partial charge in [0.1, 0.15) is 11.6 Å². The summed E-state index contributed by atoms with van der Waals surface area (Å²) < 4.78 is 33.1. The van der Waals surface area contributed by atoms with Gasteiger partial charge in [0.05, 0.1) is 11.8 Å². The Bertz CT molecular complexity index is 978. The summed E-state index contributed by atoms with van der Waals surface area (Å²) in [6.45, 7) is 4.57. The van der Waals surface area contributed by atoms with Gasteiger partial charge in [-0.15, -0.1) is 0 Å². The van der Waals surface area contributed by atoms with E-state index in [1.807, 2.05) is 26.0 Å². The Hall–Kier alpha value is -3.02. The van der Waals surface area contributed by atoms with E-state index in [0.29, 0.717) is 6.54 Å². The van der Waals surface area contributed by atoms with Gasteiger partial charge in [0.25, 0.3) is 0 Å². The normalized spacial score (nSPS) is 10.9. The van der Waals surface area contributed by atoms with Gasteiger partial charge in [-0.1, -0.05) is 29.8 Å². The molecule has 0 aliphatic carbocycles. The molecular formula is C22H22F2N2O2. The molecule has 1 amide bonds. The minimum Gasteiger partial charge on any atom is -0.441 e. The second kappa shape index (κ2) is 8.33. The van der Waals surface area contributed by atoms with Gasteiger partial charge in [0, 0.05) is 26.4 Å². The van der Waals surface area contributed by atoms with Crippen LogP contribution in [-0.2, 0) is 17.8 Å². The first kappa shape index (κ1) is 19.7. The second-order valence-electron chi connectivity index (χ2n) is 6.89. The van der Waals surface area contributed by atoms with Gasteiger partial charge in [-0.3, -0.25) is 4.79 Å². The number of carbonyl (C=O) groups excluding carboxylic acids is 1. The summed E-state index contributed by atoms with van der Waals surface area (Å²) in [6.07, 6.45) is 1.73. The Kier molecular flexibility index (Phi) is 5.87. The van der Waals surface area contributed by atoms with E-state index in [9.17, 15) is 13.6 Å². The van der Waals surface area contributed by atoms with Crippen LogP contribution in [0.3, 0.4) is 0 Å². The molecule has 2 aromatic carbocycles. The monoisotopic (exact) mass is 384 g/mol. The van der Waals surface area contributed by atoms with E-state index in [4.69, 9.17) is 4.42 Å². The Labute approximate surface area is 162 Å². The number of aromatic nitrogens is 1. The van der Waals surface area contributed by atoms with Crippen molar-refractivity contribution < 1.29 is 18.0 Å². The van der Waals surface area contributed by atoms with Gasteiger partial charge >= 0.3 is 0 Å². The molecule has 0 saturated heterocycles. The smallest absolute Gasteiger partial charge is 0.223 e. The fourth-order valence-electron chi connectivity index (χ4n) is 3.05. The summed E-state index contributed by atoms with van der Waals surface area (Å²) in [6, 6.07) is 9.74. The molecule has 0 fully saturated rings. The number of carbonyl (C=O) groups is 1. The average Bonchev–Trinajstić information content (AvgIpc) is 3.10. The average molecular weight is 384 g/mol. The molecule has 0 saturated carbocycles. The lowest BCUT2D eigenvalue weighted by molar-refractivity contribution is -0.130. The molecule has 6 heteroatoms. The predicted molar refractivity (Wildman–Crippen MR) is 103 cm³/mol. The zero-order valence-electron chi connectivity index (χ0n) is 16.1. The highest BCUT2D eigenvalue weighted by atomic mass is 19.1. The number of oxazole rings is 1. The fraction of sp³-hybridized carbons (Fsp3) is 0.273. The number of benzene rings is 2. The van der Waals surface area contributed by atoms with Crippen LogP contribution in [0.15, 0.2) is 47.0 Å². The van der Waals surface area contributed by atoms with Crippen molar-refractivity contribution in [2.45, 2.75) is 33.2 Å². The Morgan fingerprint density at radius 1 is 1.14 bits per heavy atom. The summed E-state index contributed by atoms with van der Waals surface area (Å²) in [5.41, 5.74) is 3.17. The predicted octanol–water partition coefficient (Wildman–Crippen LogP) is 4.83. The highest BCUT2D eigenvalue weighted by Gasteiger charge is 2.17. The molecule has 0 spiro atoms. The van der Waals surface area contributed by atoms with Crippen LogP contribution in [-0.4, -0.2) is 22.8 Å². The topological polar surface area (TPSA) is 46.3 Å². The van der Waals surface area contributed by atoms with E-state index < -0.39 is 11.6 Å². The maximum atomic E-state index is 13.8. The van der Waals surface area contributed by atoms with Crippen molar-refractivity contribution in [1.82, 2.24) is 9.88 Å². The maximum Gasteiger partial charge on any atom is 0.223 e. The molecule has 146 valence electrons. The SMILES string of the molecule is Cc1ccc(CN(C)C(=O)CCc2ncc(-c3c(F)cccc3F)o2)c(C)c1. The van der Waals surface area contributed by atoms with Gasteiger partial charge in [-0.05, 0) is 37.1 Å².